The summed E-state index contributed by atoms with van der Waals surface area (Å²) < 4.78 is 5.31. The summed E-state index contributed by atoms with van der Waals surface area (Å²) in [5.74, 6) is 0.543. The number of nitro groups is 1. The number of furan rings is 1. The van der Waals surface area contributed by atoms with E-state index in [-0.39, 0.29) is 11.6 Å². The molecule has 0 radical (unpaired) electrons. The van der Waals surface area contributed by atoms with Crippen LogP contribution in [0.25, 0.3) is 11.6 Å². The maximum absolute atomic E-state index is 12.7. The Morgan fingerprint density at radius 1 is 1.23 bits per heavy atom. The van der Waals surface area contributed by atoms with Crippen LogP contribution >= 0.6 is 11.8 Å². The Bertz CT molecular complexity index is 956. The van der Waals surface area contributed by atoms with Gasteiger partial charge in [-0.1, -0.05) is 0 Å². The number of thioether (sulfide) groups is 1. The van der Waals surface area contributed by atoms with E-state index in [4.69, 9.17) is 4.42 Å². The van der Waals surface area contributed by atoms with Crippen LogP contribution in [-0.2, 0) is 0 Å². The van der Waals surface area contributed by atoms with Gasteiger partial charge in [-0.05, 0) is 37.4 Å². The number of carbonyl (C=O) groups is 1. The molecule has 0 bridgehead atoms. The summed E-state index contributed by atoms with van der Waals surface area (Å²) in [4.78, 5) is 31.6. The Hall–Kier alpha value is -3.20. The predicted octanol–water partition coefficient (Wildman–Crippen LogP) is 3.93. The van der Waals surface area contributed by atoms with Crippen LogP contribution in [-0.4, -0.2) is 27.1 Å². The van der Waals surface area contributed by atoms with Gasteiger partial charge in [0.2, 0.25) is 0 Å². The van der Waals surface area contributed by atoms with Crippen molar-refractivity contribution in [2.75, 3.05) is 11.6 Å². The third kappa shape index (κ3) is 3.57. The van der Waals surface area contributed by atoms with Gasteiger partial charge in [-0.25, -0.2) is 9.97 Å². The van der Waals surface area contributed by atoms with Gasteiger partial charge in [0.15, 0.2) is 11.6 Å². The van der Waals surface area contributed by atoms with E-state index in [1.54, 1.807) is 19.1 Å². The molecular weight excluding hydrogens is 356 g/mol. The highest BCUT2D eigenvalue weighted by molar-refractivity contribution is 7.98. The van der Waals surface area contributed by atoms with Gasteiger partial charge in [0.1, 0.15) is 5.03 Å². The van der Waals surface area contributed by atoms with E-state index in [9.17, 15) is 14.9 Å². The van der Waals surface area contributed by atoms with Crippen LogP contribution < -0.4 is 5.32 Å². The minimum Gasteiger partial charge on any atom is -0.461 e. The zero-order valence-electron chi connectivity index (χ0n) is 13.9. The molecule has 2 aromatic heterocycles. The molecule has 0 atom stereocenters. The van der Waals surface area contributed by atoms with Gasteiger partial charge >= 0.3 is 0 Å². The minimum atomic E-state index is -0.497. The number of nitro benzene ring substituents is 1. The number of hydrogen-bond donors (Lipinski definition) is 1. The number of carbonyl (C=O) groups excluding carboxylic acids is 1. The lowest BCUT2D eigenvalue weighted by molar-refractivity contribution is -0.384. The molecule has 0 fully saturated rings. The summed E-state index contributed by atoms with van der Waals surface area (Å²) in [7, 11) is 0. The van der Waals surface area contributed by atoms with Gasteiger partial charge in [-0.15, -0.1) is 11.8 Å². The van der Waals surface area contributed by atoms with E-state index < -0.39 is 4.92 Å². The van der Waals surface area contributed by atoms with Crippen LogP contribution in [0, 0.1) is 17.0 Å². The van der Waals surface area contributed by atoms with Crippen molar-refractivity contribution in [1.82, 2.24) is 9.97 Å². The lowest BCUT2D eigenvalue weighted by Gasteiger charge is -2.11. The zero-order valence-corrected chi connectivity index (χ0v) is 14.7. The summed E-state index contributed by atoms with van der Waals surface area (Å²) in [5.41, 5.74) is 1.26. The molecule has 0 saturated carbocycles. The SMILES string of the molecule is CSc1nc(-c2ccco2)nc(C)c1C(=O)Nc1ccc([N+](=O)[O-])cc1. The molecule has 26 heavy (non-hydrogen) atoms. The van der Waals surface area contributed by atoms with Crippen LogP contribution in [0.2, 0.25) is 0 Å². The van der Waals surface area contributed by atoms with Crippen molar-refractivity contribution >= 4 is 29.0 Å². The van der Waals surface area contributed by atoms with E-state index in [2.05, 4.69) is 15.3 Å². The fourth-order valence-electron chi connectivity index (χ4n) is 2.33. The number of nitrogens with zero attached hydrogens (tertiary/aromatic N) is 3. The fraction of sp³-hybridized carbons (Fsp3) is 0.118. The minimum absolute atomic E-state index is 0.0462. The molecule has 9 heteroatoms. The van der Waals surface area contributed by atoms with Crippen molar-refractivity contribution in [3.05, 3.63) is 64.0 Å². The van der Waals surface area contributed by atoms with Crippen LogP contribution in [0.1, 0.15) is 16.1 Å². The molecule has 3 aromatic rings. The molecule has 8 nitrogen and oxygen atoms in total. The van der Waals surface area contributed by atoms with Gasteiger partial charge in [0, 0.05) is 17.8 Å². The van der Waals surface area contributed by atoms with E-state index >= 15 is 0 Å². The number of hydrogen-bond acceptors (Lipinski definition) is 7. The molecule has 2 heterocycles. The number of benzene rings is 1. The molecule has 0 aliphatic carbocycles. The Balaban J connectivity index is 1.90. The molecule has 1 amide bonds. The van der Waals surface area contributed by atoms with E-state index in [0.29, 0.717) is 33.6 Å². The topological polar surface area (TPSA) is 111 Å². The van der Waals surface area contributed by atoms with Crippen molar-refractivity contribution in [1.29, 1.82) is 0 Å². The normalized spacial score (nSPS) is 10.5. The van der Waals surface area contributed by atoms with E-state index in [0.717, 1.165) is 0 Å². The molecule has 0 unspecified atom stereocenters. The number of amides is 1. The maximum Gasteiger partial charge on any atom is 0.269 e. The summed E-state index contributed by atoms with van der Waals surface area (Å²) in [5, 5.41) is 13.9. The number of aromatic nitrogens is 2. The van der Waals surface area contributed by atoms with Crippen molar-refractivity contribution in [2.24, 2.45) is 0 Å². The first-order valence-electron chi connectivity index (χ1n) is 7.52. The smallest absolute Gasteiger partial charge is 0.269 e. The summed E-state index contributed by atoms with van der Waals surface area (Å²) in [6.45, 7) is 1.72. The highest BCUT2D eigenvalue weighted by Gasteiger charge is 2.20. The molecule has 1 aromatic carbocycles. The standard InChI is InChI=1S/C17H14N4O4S/c1-10-14(16(22)19-11-5-7-12(8-6-11)21(23)24)17(26-2)20-15(18-10)13-4-3-9-25-13/h3-9H,1-2H3,(H,19,22). The highest BCUT2D eigenvalue weighted by Crippen LogP contribution is 2.26. The summed E-state index contributed by atoms with van der Waals surface area (Å²) >= 11 is 1.32. The Labute approximate surface area is 152 Å². The quantitative estimate of drug-likeness (QED) is 0.313. The zero-order chi connectivity index (χ0) is 18.7. The molecule has 132 valence electrons. The highest BCUT2D eigenvalue weighted by atomic mass is 32.2. The van der Waals surface area contributed by atoms with Gasteiger partial charge in [-0.3, -0.25) is 14.9 Å². The monoisotopic (exact) mass is 370 g/mol. The first kappa shape index (κ1) is 17.6. The van der Waals surface area contributed by atoms with E-state index in [1.165, 1.54) is 42.3 Å². The Morgan fingerprint density at radius 2 is 1.96 bits per heavy atom. The Kier molecular flexibility index (Phi) is 4.99. The fourth-order valence-corrected chi connectivity index (χ4v) is 2.95. The van der Waals surface area contributed by atoms with Gasteiger partial charge < -0.3 is 9.73 Å². The molecular formula is C17H14N4O4S. The number of aryl methyl sites for hydroxylation is 1. The summed E-state index contributed by atoms with van der Waals surface area (Å²) in [6, 6.07) is 9.09. The largest absolute Gasteiger partial charge is 0.461 e. The first-order valence-corrected chi connectivity index (χ1v) is 8.74. The molecule has 3 rings (SSSR count). The number of anilines is 1. The van der Waals surface area contributed by atoms with Crippen LogP contribution in [0.3, 0.4) is 0 Å². The molecule has 0 aliphatic heterocycles. The lowest BCUT2D eigenvalue weighted by Crippen LogP contribution is -2.16. The van der Waals surface area contributed by atoms with Gasteiger partial charge in [0.05, 0.1) is 22.4 Å². The van der Waals surface area contributed by atoms with Crippen LogP contribution in [0.5, 0.6) is 0 Å². The second kappa shape index (κ2) is 7.36. The summed E-state index contributed by atoms with van der Waals surface area (Å²) in [6.07, 6.45) is 3.35. The van der Waals surface area contributed by atoms with Crippen LogP contribution in [0.15, 0.2) is 52.1 Å². The van der Waals surface area contributed by atoms with E-state index in [1.807, 2.05) is 6.26 Å². The third-order valence-corrected chi connectivity index (χ3v) is 4.24. The second-order valence-electron chi connectivity index (χ2n) is 5.25. The molecule has 0 spiro atoms. The van der Waals surface area contributed by atoms with Crippen molar-refractivity contribution in [3.63, 3.8) is 0 Å². The van der Waals surface area contributed by atoms with Crippen molar-refractivity contribution in [3.8, 4) is 11.6 Å². The first-order chi connectivity index (χ1) is 12.5. The lowest BCUT2D eigenvalue weighted by atomic mass is 10.2. The number of rotatable bonds is 5. The Morgan fingerprint density at radius 3 is 2.54 bits per heavy atom. The average molecular weight is 370 g/mol. The van der Waals surface area contributed by atoms with Crippen molar-refractivity contribution < 1.29 is 14.1 Å². The second-order valence-corrected chi connectivity index (χ2v) is 6.05. The maximum atomic E-state index is 12.7. The van der Waals surface area contributed by atoms with Crippen LogP contribution in [0.4, 0.5) is 11.4 Å². The average Bonchev–Trinajstić information content (AvgIpc) is 3.16. The van der Waals surface area contributed by atoms with Gasteiger partial charge in [-0.2, -0.15) is 0 Å². The molecule has 1 N–H and O–H groups in total. The number of non-ortho nitro benzene ring substituents is 1. The third-order valence-electron chi connectivity index (χ3n) is 3.55. The van der Waals surface area contributed by atoms with Gasteiger partial charge in [0.25, 0.3) is 11.6 Å². The molecule has 0 saturated heterocycles. The molecule has 0 aliphatic rings. The number of nitrogens with one attached hydrogen (secondary N) is 1. The van der Waals surface area contributed by atoms with Crippen molar-refractivity contribution in [2.45, 2.75) is 11.9 Å². The predicted molar refractivity (Wildman–Crippen MR) is 97.3 cm³/mol.